The second-order valence-corrected chi connectivity index (χ2v) is 8.22. The summed E-state index contributed by atoms with van der Waals surface area (Å²) in [4.78, 5) is 26.4. The van der Waals surface area contributed by atoms with E-state index in [1.165, 1.54) is 15.9 Å². The number of imidazole rings is 1. The molecule has 2 N–H and O–H groups in total. The van der Waals surface area contributed by atoms with Crippen LogP contribution in [0.2, 0.25) is 10.0 Å². The Labute approximate surface area is 174 Å². The van der Waals surface area contributed by atoms with Gasteiger partial charge in [-0.3, -0.25) is 9.47 Å². The number of aromatic carboxylic acids is 1. The summed E-state index contributed by atoms with van der Waals surface area (Å²) in [5.41, 5.74) is 0.601. The first-order valence-electron chi connectivity index (χ1n) is 8.12. The molecule has 0 saturated carbocycles. The lowest BCUT2D eigenvalue weighted by Crippen LogP contribution is -2.23. The number of hydrogen-bond donors (Lipinski definition) is 2. The van der Waals surface area contributed by atoms with Crippen molar-refractivity contribution in [3.8, 4) is 11.6 Å². The number of hydrogen-bond acceptors (Lipinski definition) is 5. The summed E-state index contributed by atoms with van der Waals surface area (Å²) in [6.07, 6.45) is 0. The molecule has 0 radical (unpaired) electrons. The number of carboxylic acids is 1. The number of thiophene rings is 1. The van der Waals surface area contributed by atoms with Crippen molar-refractivity contribution in [2.45, 2.75) is 13.1 Å². The maximum absolute atomic E-state index is 12.6. The summed E-state index contributed by atoms with van der Waals surface area (Å²) in [5, 5.41) is 22.0. The Morgan fingerprint density at radius 3 is 2.39 bits per heavy atom. The molecule has 0 unspecified atom stereocenters. The van der Waals surface area contributed by atoms with Crippen LogP contribution in [0.1, 0.15) is 20.9 Å². The molecule has 10 heteroatoms. The topological polar surface area (TPSA) is 87.7 Å². The van der Waals surface area contributed by atoms with Gasteiger partial charge in [-0.25, -0.2) is 14.2 Å². The molecule has 28 heavy (non-hydrogen) atoms. The minimum absolute atomic E-state index is 0.199. The van der Waals surface area contributed by atoms with Crippen molar-refractivity contribution in [1.82, 2.24) is 14.0 Å². The predicted octanol–water partition coefficient (Wildman–Crippen LogP) is 3.58. The maximum atomic E-state index is 12.6. The van der Waals surface area contributed by atoms with E-state index >= 15 is 0 Å². The Balaban J connectivity index is 1.88. The van der Waals surface area contributed by atoms with E-state index in [1.807, 2.05) is 11.9 Å². The SMILES string of the molecule is CN(Cc1cc(C(=O)O)cs1)Cc1c(O)n(-c2cc(Cl)cc(Cl)c2)c(=O)n1C. The van der Waals surface area contributed by atoms with E-state index in [9.17, 15) is 14.7 Å². The van der Waals surface area contributed by atoms with Crippen molar-refractivity contribution >= 4 is 40.5 Å². The third-order valence-electron chi connectivity index (χ3n) is 4.20. The van der Waals surface area contributed by atoms with Gasteiger partial charge in [0.2, 0.25) is 5.88 Å². The minimum Gasteiger partial charge on any atom is -0.493 e. The predicted molar refractivity (Wildman–Crippen MR) is 109 cm³/mol. The zero-order valence-corrected chi connectivity index (χ0v) is 17.3. The van der Waals surface area contributed by atoms with Gasteiger partial charge in [-0.15, -0.1) is 11.3 Å². The highest BCUT2D eigenvalue weighted by molar-refractivity contribution is 7.10. The average Bonchev–Trinajstić information content (AvgIpc) is 3.13. The molecule has 0 aliphatic rings. The fourth-order valence-electron chi connectivity index (χ4n) is 2.87. The van der Waals surface area contributed by atoms with Crippen LogP contribution in [0.25, 0.3) is 5.69 Å². The van der Waals surface area contributed by atoms with Crippen LogP contribution < -0.4 is 5.69 Å². The fraction of sp³-hybridized carbons (Fsp3) is 0.222. The summed E-state index contributed by atoms with van der Waals surface area (Å²) < 4.78 is 2.51. The van der Waals surface area contributed by atoms with Crippen LogP contribution in [0.5, 0.6) is 5.88 Å². The van der Waals surface area contributed by atoms with Gasteiger partial charge in [-0.2, -0.15) is 0 Å². The summed E-state index contributed by atoms with van der Waals surface area (Å²) in [5.74, 6) is -1.17. The Morgan fingerprint density at radius 1 is 1.18 bits per heavy atom. The lowest BCUT2D eigenvalue weighted by atomic mass is 10.3. The number of carboxylic acid groups (broad SMARTS) is 1. The minimum atomic E-state index is -0.970. The highest BCUT2D eigenvalue weighted by atomic mass is 35.5. The normalized spacial score (nSPS) is 11.3. The van der Waals surface area contributed by atoms with Crippen molar-refractivity contribution in [2.24, 2.45) is 7.05 Å². The van der Waals surface area contributed by atoms with Gasteiger partial charge in [0.1, 0.15) is 0 Å². The van der Waals surface area contributed by atoms with Crippen LogP contribution in [0.3, 0.4) is 0 Å². The molecule has 0 saturated heterocycles. The van der Waals surface area contributed by atoms with Crippen molar-refractivity contribution in [3.63, 3.8) is 0 Å². The zero-order valence-electron chi connectivity index (χ0n) is 15.0. The largest absolute Gasteiger partial charge is 0.493 e. The maximum Gasteiger partial charge on any atom is 0.336 e. The molecular formula is C18H17Cl2N3O4S. The number of nitrogens with zero attached hydrogens (tertiary/aromatic N) is 3. The number of benzene rings is 1. The van der Waals surface area contributed by atoms with E-state index < -0.39 is 11.7 Å². The second kappa shape index (κ2) is 8.00. The molecule has 0 amide bonds. The smallest absolute Gasteiger partial charge is 0.336 e. The third kappa shape index (κ3) is 4.10. The highest BCUT2D eigenvalue weighted by Gasteiger charge is 2.20. The Kier molecular flexibility index (Phi) is 5.85. The van der Waals surface area contributed by atoms with E-state index in [4.69, 9.17) is 28.3 Å². The van der Waals surface area contributed by atoms with Crippen LogP contribution in [-0.2, 0) is 20.1 Å². The number of rotatable bonds is 6. The van der Waals surface area contributed by atoms with Gasteiger partial charge in [0, 0.05) is 40.4 Å². The number of carbonyl (C=O) groups is 1. The van der Waals surface area contributed by atoms with Gasteiger partial charge in [-0.1, -0.05) is 23.2 Å². The van der Waals surface area contributed by atoms with E-state index in [2.05, 4.69) is 0 Å². The molecule has 1 aromatic carbocycles. The zero-order chi connectivity index (χ0) is 20.6. The van der Waals surface area contributed by atoms with Crippen LogP contribution in [0, 0.1) is 0 Å². The molecule has 3 aromatic rings. The Bertz CT molecular complexity index is 1080. The van der Waals surface area contributed by atoms with Crippen molar-refractivity contribution in [3.05, 3.63) is 66.3 Å². The van der Waals surface area contributed by atoms with Gasteiger partial charge in [-0.05, 0) is 31.3 Å². The van der Waals surface area contributed by atoms with E-state index in [0.29, 0.717) is 28.0 Å². The van der Waals surface area contributed by atoms with Gasteiger partial charge < -0.3 is 10.2 Å². The summed E-state index contributed by atoms with van der Waals surface area (Å²) in [6, 6.07) is 6.24. The summed E-state index contributed by atoms with van der Waals surface area (Å²) in [7, 11) is 3.39. The Morgan fingerprint density at radius 2 is 1.82 bits per heavy atom. The molecule has 0 bridgehead atoms. The first-order valence-corrected chi connectivity index (χ1v) is 9.76. The quantitative estimate of drug-likeness (QED) is 0.610. The molecule has 0 atom stereocenters. The van der Waals surface area contributed by atoms with Crippen LogP contribution >= 0.6 is 34.5 Å². The monoisotopic (exact) mass is 441 g/mol. The van der Waals surface area contributed by atoms with E-state index in [-0.39, 0.29) is 18.0 Å². The standard InChI is InChI=1S/C18H17Cl2N3O4S/c1-21(7-14-3-10(9-28-14)17(25)26)8-15-16(24)23(18(27)22(15)2)13-5-11(19)4-12(20)6-13/h3-6,9,24H,7-8H2,1-2H3,(H,25,26). The molecule has 148 valence electrons. The van der Waals surface area contributed by atoms with Gasteiger partial charge in [0.05, 0.1) is 16.9 Å². The van der Waals surface area contributed by atoms with Crippen LogP contribution in [0.4, 0.5) is 0 Å². The van der Waals surface area contributed by atoms with Gasteiger partial charge in [0.25, 0.3) is 0 Å². The number of aromatic nitrogens is 2. The lowest BCUT2D eigenvalue weighted by molar-refractivity contribution is 0.0697. The summed E-state index contributed by atoms with van der Waals surface area (Å²) >= 11 is 13.4. The van der Waals surface area contributed by atoms with Crippen LogP contribution in [0.15, 0.2) is 34.4 Å². The first-order chi connectivity index (χ1) is 13.2. The molecule has 3 rings (SSSR count). The third-order valence-corrected chi connectivity index (χ3v) is 5.56. The molecule has 0 aliphatic carbocycles. The molecule has 2 heterocycles. The molecule has 7 nitrogen and oxygen atoms in total. The first kappa shape index (κ1) is 20.5. The molecule has 2 aromatic heterocycles. The van der Waals surface area contributed by atoms with Crippen LogP contribution in [-0.4, -0.2) is 37.3 Å². The van der Waals surface area contributed by atoms with E-state index in [0.717, 1.165) is 9.44 Å². The molecule has 0 fully saturated rings. The van der Waals surface area contributed by atoms with E-state index in [1.54, 1.807) is 36.7 Å². The Hall–Kier alpha value is -2.26. The molecule has 0 spiro atoms. The van der Waals surface area contributed by atoms with Crippen molar-refractivity contribution in [1.29, 1.82) is 0 Å². The second-order valence-electron chi connectivity index (χ2n) is 6.35. The van der Waals surface area contributed by atoms with Crippen molar-refractivity contribution in [2.75, 3.05) is 7.05 Å². The van der Waals surface area contributed by atoms with Gasteiger partial charge >= 0.3 is 11.7 Å². The lowest BCUT2D eigenvalue weighted by Gasteiger charge is -2.15. The fourth-order valence-corrected chi connectivity index (χ4v) is 4.32. The number of halogens is 2. The number of aromatic hydroxyl groups is 1. The average molecular weight is 442 g/mol. The summed E-state index contributed by atoms with van der Waals surface area (Å²) in [6.45, 7) is 0.749. The highest BCUT2D eigenvalue weighted by Crippen LogP contribution is 2.26. The molecule has 0 aliphatic heterocycles. The van der Waals surface area contributed by atoms with Gasteiger partial charge in [0.15, 0.2) is 0 Å². The van der Waals surface area contributed by atoms with Crippen molar-refractivity contribution < 1.29 is 15.0 Å². The molecular weight excluding hydrogens is 425 g/mol.